The van der Waals surface area contributed by atoms with E-state index in [-0.39, 0.29) is 5.95 Å². The van der Waals surface area contributed by atoms with Gasteiger partial charge in [-0.3, -0.25) is 0 Å². The lowest BCUT2D eigenvalue weighted by molar-refractivity contribution is 0.414. The monoisotopic (exact) mass is 406 g/mol. The molecule has 30 heavy (non-hydrogen) atoms. The molecule has 1 aromatic heterocycles. The Morgan fingerprint density at radius 1 is 1.03 bits per heavy atom. The number of aromatic nitrogens is 3. The molecule has 156 valence electrons. The van der Waals surface area contributed by atoms with Crippen LogP contribution in [0.3, 0.4) is 0 Å². The highest BCUT2D eigenvalue weighted by atomic mass is 16.5. The van der Waals surface area contributed by atoms with Gasteiger partial charge in [-0.1, -0.05) is 12.1 Å². The van der Waals surface area contributed by atoms with E-state index in [2.05, 4.69) is 50.5 Å². The SMILES string of the molecule is CCN(CC)c1ccc(/C=N\Nc2nncc(-c3ccccc3OC)n2)c(OC)c1. The van der Waals surface area contributed by atoms with Gasteiger partial charge in [0.15, 0.2) is 0 Å². The average Bonchev–Trinajstić information content (AvgIpc) is 2.80. The van der Waals surface area contributed by atoms with Crippen LogP contribution in [0.15, 0.2) is 53.8 Å². The Labute approximate surface area is 176 Å². The second-order valence-electron chi connectivity index (χ2n) is 6.33. The van der Waals surface area contributed by atoms with Crippen LogP contribution in [0.5, 0.6) is 11.5 Å². The number of hydrogen-bond donors (Lipinski definition) is 1. The number of rotatable bonds is 9. The van der Waals surface area contributed by atoms with Crippen molar-refractivity contribution in [3.05, 3.63) is 54.2 Å². The lowest BCUT2D eigenvalue weighted by atomic mass is 10.1. The summed E-state index contributed by atoms with van der Waals surface area (Å²) >= 11 is 0. The Morgan fingerprint density at radius 3 is 2.53 bits per heavy atom. The number of nitrogens with one attached hydrogen (secondary N) is 1. The highest BCUT2D eigenvalue weighted by molar-refractivity contribution is 5.85. The average molecular weight is 406 g/mol. The fraction of sp³-hybridized carbons (Fsp3) is 0.273. The number of hydrazone groups is 1. The molecule has 0 aliphatic heterocycles. The summed E-state index contributed by atoms with van der Waals surface area (Å²) < 4.78 is 10.9. The zero-order chi connectivity index (χ0) is 21.3. The standard InChI is InChI=1S/C22H26N6O2/c1-5-28(6-2)17-12-11-16(21(13-17)30-4)14-23-26-22-25-19(15-24-27-22)18-9-7-8-10-20(18)29-3/h7-15H,5-6H2,1-4H3,(H,25,26,27)/b23-14-. The van der Waals surface area contributed by atoms with Crippen molar-refractivity contribution in [2.75, 3.05) is 37.6 Å². The van der Waals surface area contributed by atoms with Crippen LogP contribution in [0.4, 0.5) is 11.6 Å². The maximum Gasteiger partial charge on any atom is 0.263 e. The molecule has 0 aliphatic carbocycles. The van der Waals surface area contributed by atoms with Crippen LogP contribution < -0.4 is 19.8 Å². The molecule has 1 heterocycles. The molecule has 0 unspecified atom stereocenters. The van der Waals surface area contributed by atoms with Crippen molar-refractivity contribution in [3.8, 4) is 22.8 Å². The summed E-state index contributed by atoms with van der Waals surface area (Å²) in [5.41, 5.74) is 6.25. The summed E-state index contributed by atoms with van der Waals surface area (Å²) in [6.07, 6.45) is 3.26. The number of hydrogen-bond acceptors (Lipinski definition) is 8. The lowest BCUT2D eigenvalue weighted by Crippen LogP contribution is -2.21. The molecular weight excluding hydrogens is 380 g/mol. The van der Waals surface area contributed by atoms with E-state index in [4.69, 9.17) is 9.47 Å². The van der Waals surface area contributed by atoms with Crippen molar-refractivity contribution in [2.45, 2.75) is 13.8 Å². The molecule has 0 atom stereocenters. The molecule has 0 saturated heterocycles. The first-order valence-corrected chi connectivity index (χ1v) is 9.75. The maximum atomic E-state index is 5.53. The van der Waals surface area contributed by atoms with E-state index in [9.17, 15) is 0 Å². The van der Waals surface area contributed by atoms with Crippen molar-refractivity contribution in [1.82, 2.24) is 15.2 Å². The summed E-state index contributed by atoms with van der Waals surface area (Å²) in [5, 5.41) is 12.2. The first-order valence-electron chi connectivity index (χ1n) is 9.75. The predicted molar refractivity (Wildman–Crippen MR) is 120 cm³/mol. The van der Waals surface area contributed by atoms with Crippen molar-refractivity contribution >= 4 is 17.9 Å². The highest BCUT2D eigenvalue weighted by Gasteiger charge is 2.09. The summed E-state index contributed by atoms with van der Waals surface area (Å²) in [7, 11) is 3.27. The van der Waals surface area contributed by atoms with Crippen LogP contribution in [0.2, 0.25) is 0 Å². The molecule has 8 nitrogen and oxygen atoms in total. The number of ether oxygens (including phenoxy) is 2. The largest absolute Gasteiger partial charge is 0.496 e. The van der Waals surface area contributed by atoms with E-state index in [1.807, 2.05) is 36.4 Å². The Balaban J connectivity index is 1.77. The third-order valence-corrected chi connectivity index (χ3v) is 4.66. The van der Waals surface area contributed by atoms with Crippen LogP contribution in [0.1, 0.15) is 19.4 Å². The minimum atomic E-state index is 0.286. The van der Waals surface area contributed by atoms with E-state index in [0.717, 1.165) is 35.7 Å². The van der Waals surface area contributed by atoms with Gasteiger partial charge in [0.05, 0.1) is 32.3 Å². The second kappa shape index (κ2) is 10.2. The van der Waals surface area contributed by atoms with Crippen molar-refractivity contribution in [1.29, 1.82) is 0 Å². The zero-order valence-corrected chi connectivity index (χ0v) is 17.7. The van der Waals surface area contributed by atoms with Gasteiger partial charge < -0.3 is 14.4 Å². The van der Waals surface area contributed by atoms with Gasteiger partial charge in [0, 0.05) is 36.0 Å². The molecule has 3 aromatic rings. The third-order valence-electron chi connectivity index (χ3n) is 4.66. The quantitative estimate of drug-likeness (QED) is 0.427. The normalized spacial score (nSPS) is 10.8. The Hall–Kier alpha value is -3.68. The summed E-state index contributed by atoms with van der Waals surface area (Å²) in [6, 6.07) is 13.6. The topological polar surface area (TPSA) is 84.8 Å². The zero-order valence-electron chi connectivity index (χ0n) is 17.7. The fourth-order valence-corrected chi connectivity index (χ4v) is 3.09. The van der Waals surface area contributed by atoms with E-state index < -0.39 is 0 Å². The smallest absolute Gasteiger partial charge is 0.263 e. The van der Waals surface area contributed by atoms with Gasteiger partial charge in [-0.25, -0.2) is 10.4 Å². The lowest BCUT2D eigenvalue weighted by Gasteiger charge is -2.21. The van der Waals surface area contributed by atoms with Crippen LogP contribution in [-0.4, -0.2) is 48.7 Å². The third kappa shape index (κ3) is 4.83. The minimum Gasteiger partial charge on any atom is -0.496 e. The Morgan fingerprint density at radius 2 is 1.80 bits per heavy atom. The highest BCUT2D eigenvalue weighted by Crippen LogP contribution is 2.28. The van der Waals surface area contributed by atoms with Gasteiger partial charge in [-0.2, -0.15) is 10.2 Å². The van der Waals surface area contributed by atoms with Crippen molar-refractivity contribution in [2.24, 2.45) is 5.10 Å². The number of methoxy groups -OCH3 is 2. The molecular formula is C22H26N6O2. The number of nitrogens with zero attached hydrogens (tertiary/aromatic N) is 5. The van der Waals surface area contributed by atoms with Gasteiger partial charge >= 0.3 is 0 Å². The molecule has 2 aromatic carbocycles. The maximum absolute atomic E-state index is 5.53. The molecule has 0 spiro atoms. The van der Waals surface area contributed by atoms with Crippen molar-refractivity contribution in [3.63, 3.8) is 0 Å². The van der Waals surface area contributed by atoms with Gasteiger partial charge in [0.25, 0.3) is 5.95 Å². The van der Waals surface area contributed by atoms with Crippen LogP contribution in [0, 0.1) is 0 Å². The van der Waals surface area contributed by atoms with Gasteiger partial charge in [-0.05, 0) is 38.1 Å². The first kappa shape index (κ1) is 21.0. The molecule has 0 radical (unpaired) electrons. The van der Waals surface area contributed by atoms with Gasteiger partial charge in [-0.15, -0.1) is 5.10 Å². The summed E-state index contributed by atoms with van der Waals surface area (Å²) in [5.74, 6) is 1.74. The van der Waals surface area contributed by atoms with Crippen LogP contribution >= 0.6 is 0 Å². The van der Waals surface area contributed by atoms with E-state index in [1.165, 1.54) is 0 Å². The van der Waals surface area contributed by atoms with Gasteiger partial charge in [0.2, 0.25) is 0 Å². The van der Waals surface area contributed by atoms with Crippen LogP contribution in [-0.2, 0) is 0 Å². The number of para-hydroxylation sites is 1. The van der Waals surface area contributed by atoms with Gasteiger partial charge in [0.1, 0.15) is 11.5 Å². The molecule has 0 saturated carbocycles. The van der Waals surface area contributed by atoms with E-state index in [0.29, 0.717) is 11.4 Å². The molecule has 0 aliphatic rings. The van der Waals surface area contributed by atoms with E-state index in [1.54, 1.807) is 26.6 Å². The van der Waals surface area contributed by atoms with E-state index >= 15 is 0 Å². The summed E-state index contributed by atoms with van der Waals surface area (Å²) in [6.45, 7) is 6.12. The molecule has 1 N–H and O–H groups in total. The molecule has 0 bridgehead atoms. The Bertz CT molecular complexity index is 1000. The minimum absolute atomic E-state index is 0.286. The fourth-order valence-electron chi connectivity index (χ4n) is 3.09. The number of benzene rings is 2. The molecule has 8 heteroatoms. The summed E-state index contributed by atoms with van der Waals surface area (Å²) in [4.78, 5) is 6.72. The predicted octanol–water partition coefficient (Wildman–Crippen LogP) is 3.85. The molecule has 0 amide bonds. The van der Waals surface area contributed by atoms with Crippen molar-refractivity contribution < 1.29 is 9.47 Å². The van der Waals surface area contributed by atoms with Crippen LogP contribution in [0.25, 0.3) is 11.3 Å². The molecule has 0 fully saturated rings. The first-order chi connectivity index (χ1) is 14.7. The molecule has 3 rings (SSSR count). The number of anilines is 2. The Kier molecular flexibility index (Phi) is 7.15. The second-order valence-corrected chi connectivity index (χ2v) is 6.33.